The number of furan rings is 1. The van der Waals surface area contributed by atoms with Crippen LogP contribution in [0.1, 0.15) is 25.0 Å². The van der Waals surface area contributed by atoms with Crippen LogP contribution >= 0.6 is 0 Å². The minimum absolute atomic E-state index is 0.0203. The van der Waals surface area contributed by atoms with Crippen molar-refractivity contribution in [2.45, 2.75) is 24.2 Å². The summed E-state index contributed by atoms with van der Waals surface area (Å²) in [6.45, 7) is 0.370. The van der Waals surface area contributed by atoms with Crippen LogP contribution in [0.5, 0.6) is 5.75 Å². The number of hydrogen-bond donors (Lipinski definition) is 1. The molecule has 3 rings (SSSR count). The van der Waals surface area contributed by atoms with Crippen molar-refractivity contribution >= 4 is 33.7 Å². The Morgan fingerprint density at radius 1 is 1.19 bits per heavy atom. The van der Waals surface area contributed by atoms with Gasteiger partial charge >= 0.3 is 5.97 Å². The number of sulfonamides is 1. The van der Waals surface area contributed by atoms with E-state index in [-0.39, 0.29) is 16.3 Å². The highest BCUT2D eigenvalue weighted by atomic mass is 32.2. The molecular formula is C21H24N2O7S. The molecule has 0 radical (unpaired) electrons. The first-order valence-corrected chi connectivity index (χ1v) is 11.2. The van der Waals surface area contributed by atoms with Crippen LogP contribution in [0, 0.1) is 0 Å². The fourth-order valence-corrected chi connectivity index (χ4v) is 4.82. The highest BCUT2D eigenvalue weighted by Gasteiger charge is 2.29. The maximum absolute atomic E-state index is 13.0. The Hall–Kier alpha value is -3.11. The molecule has 0 spiro atoms. The van der Waals surface area contributed by atoms with Crippen LogP contribution in [0.3, 0.4) is 0 Å². The Bertz CT molecular complexity index is 1040. The van der Waals surface area contributed by atoms with Gasteiger partial charge in [0.25, 0.3) is 5.91 Å². The smallest absolute Gasteiger partial charge is 0.331 e. The molecule has 166 valence electrons. The minimum atomic E-state index is -3.76. The predicted molar refractivity (Wildman–Crippen MR) is 113 cm³/mol. The van der Waals surface area contributed by atoms with Crippen molar-refractivity contribution in [1.82, 2.24) is 4.31 Å². The Morgan fingerprint density at radius 2 is 1.97 bits per heavy atom. The molecule has 0 atom stereocenters. The summed E-state index contributed by atoms with van der Waals surface area (Å²) in [5.74, 6) is -0.652. The Balaban J connectivity index is 1.64. The monoisotopic (exact) mass is 448 g/mol. The first-order chi connectivity index (χ1) is 14.9. The standard InChI is InChI=1S/C21H24N2O7S/c1-28-18-9-7-16(14-19(18)31(26,27)23-11-3-2-4-12-23)22-20(24)15-30-21(25)10-8-17-6-5-13-29-17/h5-10,13-14H,2-4,11-12,15H2,1H3,(H,22,24). The number of carbonyl (C=O) groups excluding carboxylic acids is 2. The van der Waals surface area contributed by atoms with Crippen molar-refractivity contribution in [3.8, 4) is 5.75 Å². The van der Waals surface area contributed by atoms with Crippen LogP contribution in [0.25, 0.3) is 6.08 Å². The number of nitrogens with one attached hydrogen (secondary N) is 1. The van der Waals surface area contributed by atoms with E-state index in [0.717, 1.165) is 25.3 Å². The van der Waals surface area contributed by atoms with Crippen LogP contribution in [-0.4, -0.2) is 51.4 Å². The second-order valence-electron chi connectivity index (χ2n) is 6.84. The summed E-state index contributed by atoms with van der Waals surface area (Å²) >= 11 is 0. The summed E-state index contributed by atoms with van der Waals surface area (Å²) in [6, 6.07) is 7.68. The lowest BCUT2D eigenvalue weighted by atomic mass is 10.2. The molecule has 1 fully saturated rings. The number of esters is 1. The summed E-state index contributed by atoms with van der Waals surface area (Å²) in [6.07, 6.45) is 6.63. The first kappa shape index (κ1) is 22.6. The fraction of sp³-hybridized carbons (Fsp3) is 0.333. The normalized spacial score (nSPS) is 15.0. The molecule has 1 aromatic carbocycles. The molecule has 9 nitrogen and oxygen atoms in total. The van der Waals surface area contributed by atoms with Crippen molar-refractivity contribution in [2.24, 2.45) is 0 Å². The zero-order valence-electron chi connectivity index (χ0n) is 17.1. The molecule has 1 saturated heterocycles. The van der Waals surface area contributed by atoms with Gasteiger partial charge in [0.2, 0.25) is 10.0 Å². The van der Waals surface area contributed by atoms with E-state index >= 15 is 0 Å². The average Bonchev–Trinajstić information content (AvgIpc) is 3.30. The van der Waals surface area contributed by atoms with Crippen molar-refractivity contribution < 1.29 is 31.9 Å². The summed E-state index contributed by atoms with van der Waals surface area (Å²) in [7, 11) is -2.38. The summed E-state index contributed by atoms with van der Waals surface area (Å²) < 4.78 is 42.6. The third-order valence-corrected chi connectivity index (χ3v) is 6.57. The molecule has 0 unspecified atom stereocenters. The zero-order chi connectivity index (χ0) is 22.3. The minimum Gasteiger partial charge on any atom is -0.495 e. The molecule has 1 amide bonds. The second-order valence-corrected chi connectivity index (χ2v) is 8.74. The van der Waals surface area contributed by atoms with E-state index < -0.39 is 28.5 Å². The SMILES string of the molecule is COc1ccc(NC(=O)COC(=O)C=Cc2ccco2)cc1S(=O)(=O)N1CCCCC1. The fourth-order valence-electron chi connectivity index (χ4n) is 3.12. The molecule has 10 heteroatoms. The number of benzene rings is 1. The van der Waals surface area contributed by atoms with Crippen molar-refractivity contribution in [2.75, 3.05) is 32.1 Å². The Kier molecular flexibility index (Phi) is 7.48. The van der Waals surface area contributed by atoms with Crippen LogP contribution < -0.4 is 10.1 Å². The van der Waals surface area contributed by atoms with Crippen molar-refractivity contribution in [1.29, 1.82) is 0 Å². The molecule has 1 aromatic heterocycles. The summed E-state index contributed by atoms with van der Waals surface area (Å²) in [5.41, 5.74) is 0.253. The number of rotatable bonds is 8. The van der Waals surface area contributed by atoms with Gasteiger partial charge in [-0.25, -0.2) is 13.2 Å². The molecule has 0 saturated carbocycles. The Labute approximate surface area is 180 Å². The number of anilines is 1. The molecular weight excluding hydrogens is 424 g/mol. The van der Waals surface area contributed by atoms with Crippen LogP contribution in [0.4, 0.5) is 5.69 Å². The van der Waals surface area contributed by atoms with Gasteiger partial charge in [0, 0.05) is 24.9 Å². The van der Waals surface area contributed by atoms with E-state index in [1.807, 2.05) is 0 Å². The molecule has 0 aliphatic carbocycles. The van der Waals surface area contributed by atoms with E-state index in [0.29, 0.717) is 18.8 Å². The van der Waals surface area contributed by atoms with Gasteiger partial charge in [0.05, 0.1) is 13.4 Å². The van der Waals surface area contributed by atoms with Gasteiger partial charge in [-0.2, -0.15) is 4.31 Å². The average molecular weight is 448 g/mol. The molecule has 2 heterocycles. The topological polar surface area (TPSA) is 115 Å². The lowest BCUT2D eigenvalue weighted by Gasteiger charge is -2.26. The van der Waals surface area contributed by atoms with Gasteiger partial charge in [0.15, 0.2) is 6.61 Å². The molecule has 1 aliphatic rings. The molecule has 0 bridgehead atoms. The van der Waals surface area contributed by atoms with E-state index in [2.05, 4.69) is 5.32 Å². The van der Waals surface area contributed by atoms with Crippen LogP contribution in [-0.2, 0) is 24.3 Å². The second kappa shape index (κ2) is 10.3. The highest BCUT2D eigenvalue weighted by Crippen LogP contribution is 2.31. The van der Waals surface area contributed by atoms with Gasteiger partial charge in [-0.3, -0.25) is 4.79 Å². The number of piperidine rings is 1. The quantitative estimate of drug-likeness (QED) is 0.488. The van der Waals surface area contributed by atoms with Gasteiger partial charge in [-0.1, -0.05) is 6.42 Å². The molecule has 31 heavy (non-hydrogen) atoms. The third-order valence-electron chi connectivity index (χ3n) is 4.65. The maximum Gasteiger partial charge on any atom is 0.331 e. The number of amides is 1. The van der Waals surface area contributed by atoms with Crippen molar-refractivity contribution in [3.63, 3.8) is 0 Å². The summed E-state index contributed by atoms with van der Waals surface area (Å²) in [5, 5.41) is 2.54. The number of nitrogens with zero attached hydrogens (tertiary/aromatic N) is 1. The number of hydrogen-bond acceptors (Lipinski definition) is 7. The van der Waals surface area contributed by atoms with E-state index in [9.17, 15) is 18.0 Å². The van der Waals surface area contributed by atoms with Crippen LogP contribution in [0.15, 0.2) is 52.0 Å². The zero-order valence-corrected chi connectivity index (χ0v) is 17.9. The summed E-state index contributed by atoms with van der Waals surface area (Å²) in [4.78, 5) is 23.8. The van der Waals surface area contributed by atoms with Gasteiger partial charge in [0.1, 0.15) is 16.4 Å². The number of carbonyl (C=O) groups is 2. The Morgan fingerprint density at radius 3 is 2.65 bits per heavy atom. The van der Waals surface area contributed by atoms with E-state index in [1.54, 1.807) is 12.1 Å². The largest absolute Gasteiger partial charge is 0.495 e. The van der Waals surface area contributed by atoms with Crippen LogP contribution in [0.2, 0.25) is 0 Å². The first-order valence-electron chi connectivity index (χ1n) is 9.76. The molecule has 1 N–H and O–H groups in total. The van der Waals surface area contributed by atoms with Gasteiger partial charge in [-0.05, 0) is 49.2 Å². The number of ether oxygens (including phenoxy) is 2. The maximum atomic E-state index is 13.0. The predicted octanol–water partition coefficient (Wildman–Crippen LogP) is 2.66. The lowest BCUT2D eigenvalue weighted by Crippen LogP contribution is -2.35. The lowest BCUT2D eigenvalue weighted by molar-refractivity contribution is -0.142. The van der Waals surface area contributed by atoms with Crippen molar-refractivity contribution in [3.05, 3.63) is 48.4 Å². The third kappa shape index (κ3) is 5.96. The molecule has 1 aliphatic heterocycles. The molecule has 2 aromatic rings. The number of methoxy groups -OCH3 is 1. The van der Waals surface area contributed by atoms with Gasteiger partial charge in [-0.15, -0.1) is 0 Å². The van der Waals surface area contributed by atoms with Gasteiger partial charge < -0.3 is 19.2 Å². The van der Waals surface area contributed by atoms with E-state index in [4.69, 9.17) is 13.9 Å². The van der Waals surface area contributed by atoms with E-state index in [1.165, 1.54) is 42.0 Å². The highest BCUT2D eigenvalue weighted by molar-refractivity contribution is 7.89.